The molecule has 0 saturated carbocycles. The molecule has 0 aromatic heterocycles. The minimum atomic E-state index is -0.276. The second-order valence-corrected chi connectivity index (χ2v) is 8.44. The number of fused-ring (bicyclic) bond motifs is 1. The lowest BCUT2D eigenvalue weighted by molar-refractivity contribution is -0.124. The molecule has 3 rings (SSSR count). The van der Waals surface area contributed by atoms with Gasteiger partial charge >= 0.3 is 0 Å². The van der Waals surface area contributed by atoms with Crippen LogP contribution in [-0.2, 0) is 17.9 Å². The molecule has 0 unspecified atom stereocenters. The minimum absolute atomic E-state index is 0. The van der Waals surface area contributed by atoms with E-state index in [1.165, 1.54) is 11.1 Å². The van der Waals surface area contributed by atoms with Gasteiger partial charge in [-0.1, -0.05) is 60.2 Å². The second-order valence-electron chi connectivity index (χ2n) is 8.44. The maximum atomic E-state index is 12.2. The lowest BCUT2D eigenvalue weighted by atomic mass is 10.0. The van der Waals surface area contributed by atoms with Gasteiger partial charge in [0.2, 0.25) is 0 Å². The normalized spacial score (nSPS) is 11.1. The number of halogens is 1. The fraction of sp³-hybridized carbons (Fsp3) is 0.320. The van der Waals surface area contributed by atoms with E-state index in [0.29, 0.717) is 6.54 Å². The van der Waals surface area contributed by atoms with Crippen molar-refractivity contribution >= 4 is 29.1 Å². The van der Waals surface area contributed by atoms with E-state index in [0.717, 1.165) is 28.6 Å². The summed E-state index contributed by atoms with van der Waals surface area (Å²) in [5, 5.41) is 8.75. The van der Waals surface area contributed by atoms with Gasteiger partial charge in [0, 0.05) is 24.2 Å². The van der Waals surface area contributed by atoms with Crippen molar-refractivity contribution in [3.05, 3.63) is 77.4 Å². The first-order valence-corrected chi connectivity index (χ1v) is 10.0. The van der Waals surface area contributed by atoms with E-state index in [4.69, 9.17) is 4.74 Å². The molecule has 0 aliphatic carbocycles. The van der Waals surface area contributed by atoms with E-state index >= 15 is 0 Å². The van der Waals surface area contributed by atoms with Crippen molar-refractivity contribution in [2.75, 3.05) is 6.61 Å². The number of benzene rings is 3. The average Bonchev–Trinajstić information content (AvgIpc) is 2.67. The van der Waals surface area contributed by atoms with E-state index in [1.807, 2.05) is 45.0 Å². The SMILES string of the molecule is Cc1ccc(CNCc2c(OCC(=O)NC(C)(C)C)ccc3ccccc23)cc1.Cl. The molecule has 0 radical (unpaired) electrons. The molecule has 0 heterocycles. The van der Waals surface area contributed by atoms with Gasteiger partial charge in [-0.2, -0.15) is 0 Å². The summed E-state index contributed by atoms with van der Waals surface area (Å²) < 4.78 is 5.92. The van der Waals surface area contributed by atoms with Crippen molar-refractivity contribution in [3.63, 3.8) is 0 Å². The highest BCUT2D eigenvalue weighted by molar-refractivity contribution is 5.88. The highest BCUT2D eigenvalue weighted by Crippen LogP contribution is 2.28. The zero-order chi connectivity index (χ0) is 20.9. The minimum Gasteiger partial charge on any atom is -0.483 e. The highest BCUT2D eigenvalue weighted by Gasteiger charge is 2.15. The summed E-state index contributed by atoms with van der Waals surface area (Å²) in [7, 11) is 0. The van der Waals surface area contributed by atoms with Crippen molar-refractivity contribution in [2.45, 2.75) is 46.3 Å². The van der Waals surface area contributed by atoms with Crippen LogP contribution in [0.1, 0.15) is 37.5 Å². The number of nitrogens with one attached hydrogen (secondary N) is 2. The molecule has 5 heteroatoms. The third-order valence-electron chi connectivity index (χ3n) is 4.62. The molecule has 2 N–H and O–H groups in total. The summed E-state index contributed by atoms with van der Waals surface area (Å²) in [5.41, 5.74) is 3.29. The molecule has 0 aliphatic heterocycles. The van der Waals surface area contributed by atoms with Crippen LogP contribution in [0.3, 0.4) is 0 Å². The summed E-state index contributed by atoms with van der Waals surface area (Å²) in [6, 6.07) is 20.8. The van der Waals surface area contributed by atoms with Gasteiger partial charge in [0.05, 0.1) is 0 Å². The summed E-state index contributed by atoms with van der Waals surface area (Å²) in [4.78, 5) is 12.2. The molecule has 0 fully saturated rings. The van der Waals surface area contributed by atoms with Gasteiger partial charge in [-0.25, -0.2) is 0 Å². The van der Waals surface area contributed by atoms with E-state index < -0.39 is 0 Å². The Kier molecular flexibility index (Phi) is 8.27. The number of hydrogen-bond donors (Lipinski definition) is 2. The fourth-order valence-electron chi connectivity index (χ4n) is 3.27. The van der Waals surface area contributed by atoms with Crippen LogP contribution in [-0.4, -0.2) is 18.1 Å². The van der Waals surface area contributed by atoms with Crippen molar-refractivity contribution in [3.8, 4) is 5.75 Å². The van der Waals surface area contributed by atoms with E-state index in [1.54, 1.807) is 0 Å². The molecular formula is C25H31ClN2O2. The predicted octanol–water partition coefficient (Wildman–Crippen LogP) is 5.15. The largest absolute Gasteiger partial charge is 0.483 e. The van der Waals surface area contributed by atoms with Gasteiger partial charge in [-0.3, -0.25) is 4.79 Å². The van der Waals surface area contributed by atoms with Gasteiger partial charge in [0.25, 0.3) is 5.91 Å². The van der Waals surface area contributed by atoms with Gasteiger partial charge < -0.3 is 15.4 Å². The smallest absolute Gasteiger partial charge is 0.258 e. The zero-order valence-corrected chi connectivity index (χ0v) is 18.9. The second kappa shape index (κ2) is 10.5. The molecule has 0 aliphatic rings. The molecule has 160 valence electrons. The van der Waals surface area contributed by atoms with Gasteiger partial charge in [-0.05, 0) is 50.1 Å². The average molecular weight is 427 g/mol. The number of rotatable bonds is 7. The molecule has 1 amide bonds. The molecule has 3 aromatic rings. The number of carbonyl (C=O) groups is 1. The third kappa shape index (κ3) is 6.75. The van der Waals surface area contributed by atoms with Crippen LogP contribution in [0.5, 0.6) is 5.75 Å². The van der Waals surface area contributed by atoms with Crippen LogP contribution in [0.2, 0.25) is 0 Å². The van der Waals surface area contributed by atoms with Crippen molar-refractivity contribution in [2.24, 2.45) is 0 Å². The van der Waals surface area contributed by atoms with Crippen molar-refractivity contribution in [1.29, 1.82) is 0 Å². The lowest BCUT2D eigenvalue weighted by Crippen LogP contribution is -2.43. The Balaban J connectivity index is 0.00000320. The molecular weight excluding hydrogens is 396 g/mol. The van der Waals surface area contributed by atoms with Crippen LogP contribution >= 0.6 is 12.4 Å². The number of aryl methyl sites for hydroxylation is 1. The van der Waals surface area contributed by atoms with Crippen molar-refractivity contribution in [1.82, 2.24) is 10.6 Å². The van der Waals surface area contributed by atoms with E-state index in [-0.39, 0.29) is 30.5 Å². The van der Waals surface area contributed by atoms with Crippen LogP contribution in [0.4, 0.5) is 0 Å². The topological polar surface area (TPSA) is 50.4 Å². The van der Waals surface area contributed by atoms with Crippen LogP contribution < -0.4 is 15.4 Å². The van der Waals surface area contributed by atoms with Crippen LogP contribution in [0.15, 0.2) is 60.7 Å². The maximum absolute atomic E-state index is 12.2. The molecule has 0 spiro atoms. The Hall–Kier alpha value is -2.56. The van der Waals surface area contributed by atoms with Gasteiger partial charge in [-0.15, -0.1) is 12.4 Å². The Morgan fingerprint density at radius 3 is 2.33 bits per heavy atom. The summed E-state index contributed by atoms with van der Waals surface area (Å²) >= 11 is 0. The third-order valence-corrected chi connectivity index (χ3v) is 4.62. The Bertz CT molecular complexity index is 979. The number of hydrogen-bond acceptors (Lipinski definition) is 3. The molecule has 0 saturated heterocycles. The van der Waals surface area contributed by atoms with Crippen molar-refractivity contribution < 1.29 is 9.53 Å². The Morgan fingerprint density at radius 1 is 0.933 bits per heavy atom. The first-order chi connectivity index (χ1) is 13.8. The van der Waals surface area contributed by atoms with E-state index in [2.05, 4.69) is 54.0 Å². The predicted molar refractivity (Wildman–Crippen MR) is 126 cm³/mol. The molecule has 0 bridgehead atoms. The molecule has 0 atom stereocenters. The van der Waals surface area contributed by atoms with Gasteiger partial charge in [0.15, 0.2) is 6.61 Å². The van der Waals surface area contributed by atoms with Crippen LogP contribution in [0.25, 0.3) is 10.8 Å². The fourth-order valence-corrected chi connectivity index (χ4v) is 3.27. The maximum Gasteiger partial charge on any atom is 0.258 e. The number of amides is 1. The Labute approximate surface area is 185 Å². The van der Waals surface area contributed by atoms with E-state index in [9.17, 15) is 4.79 Å². The molecule has 30 heavy (non-hydrogen) atoms. The highest BCUT2D eigenvalue weighted by atomic mass is 35.5. The van der Waals surface area contributed by atoms with Gasteiger partial charge in [0.1, 0.15) is 5.75 Å². The standard InChI is InChI=1S/C25H30N2O2.ClH/c1-18-9-11-19(12-10-18)15-26-16-22-21-8-6-5-7-20(21)13-14-23(22)29-17-24(28)27-25(2,3)4;/h5-14,26H,15-17H2,1-4H3,(H,27,28);1H. The summed E-state index contributed by atoms with van der Waals surface area (Å²) in [6.45, 7) is 9.40. The zero-order valence-electron chi connectivity index (χ0n) is 18.1. The summed E-state index contributed by atoms with van der Waals surface area (Å²) in [6.07, 6.45) is 0. The summed E-state index contributed by atoms with van der Waals surface area (Å²) in [5.74, 6) is 0.619. The Morgan fingerprint density at radius 2 is 1.63 bits per heavy atom. The molecule has 3 aromatic carbocycles. The monoisotopic (exact) mass is 426 g/mol. The first-order valence-electron chi connectivity index (χ1n) is 10.0. The quantitative estimate of drug-likeness (QED) is 0.549. The number of carbonyl (C=O) groups excluding carboxylic acids is 1. The number of ether oxygens (including phenoxy) is 1. The lowest BCUT2D eigenvalue weighted by Gasteiger charge is -2.21. The van der Waals surface area contributed by atoms with Crippen LogP contribution in [0, 0.1) is 6.92 Å². The first kappa shape index (κ1) is 23.7. The molecule has 4 nitrogen and oxygen atoms in total.